The number of H-pyrrole nitrogens is 1. The van der Waals surface area contributed by atoms with Gasteiger partial charge in [-0.25, -0.2) is 4.79 Å². The second-order valence-corrected chi connectivity index (χ2v) is 8.72. The molecule has 1 N–H and O–H groups in total. The third-order valence-electron chi connectivity index (χ3n) is 4.41. The maximum absolute atomic E-state index is 12.7. The van der Waals surface area contributed by atoms with E-state index in [0.29, 0.717) is 12.2 Å². The van der Waals surface area contributed by atoms with Gasteiger partial charge in [-0.3, -0.25) is 18.9 Å². The molecule has 0 amide bonds. The average Bonchev–Trinajstić information content (AvgIpc) is 2.69. The van der Waals surface area contributed by atoms with Crippen LogP contribution in [0.1, 0.15) is 38.7 Å². The van der Waals surface area contributed by atoms with Gasteiger partial charge in [-0.15, -0.1) is 0 Å². The van der Waals surface area contributed by atoms with Gasteiger partial charge in [0, 0.05) is 36.6 Å². The third-order valence-corrected chi connectivity index (χ3v) is 6.19. The number of rotatable bonds is 11. The van der Waals surface area contributed by atoms with Crippen molar-refractivity contribution in [2.24, 2.45) is 5.92 Å². The van der Waals surface area contributed by atoms with E-state index in [1.807, 2.05) is 0 Å². The molecule has 164 valence electrons. The molecule has 2 atom stereocenters. The Labute approximate surface area is 170 Å². The smallest absolute Gasteiger partial charge is 0.353 e. The van der Waals surface area contributed by atoms with E-state index in [0.717, 1.165) is 19.3 Å². The van der Waals surface area contributed by atoms with Crippen LogP contribution in [0.3, 0.4) is 0 Å². The molecule has 0 aromatic carbocycles. The molecular weight excluding hydrogens is 399 g/mol. The number of nitrogens with zero attached hydrogens (tertiary/aromatic N) is 1. The summed E-state index contributed by atoms with van der Waals surface area (Å²) in [7, 11) is -3.38. The molecule has 2 heterocycles. The summed E-state index contributed by atoms with van der Waals surface area (Å²) in [6.07, 6.45) is 5.75. The molecule has 1 aliphatic rings. The molecule has 0 spiro atoms. The second-order valence-electron chi connectivity index (χ2n) is 6.83. The van der Waals surface area contributed by atoms with Crippen LogP contribution in [0.4, 0.5) is 0 Å². The highest BCUT2D eigenvalue weighted by atomic mass is 31.2. The van der Waals surface area contributed by atoms with Gasteiger partial charge in [0.15, 0.2) is 6.29 Å². The predicted molar refractivity (Wildman–Crippen MR) is 109 cm³/mol. The molecule has 1 aliphatic heterocycles. The van der Waals surface area contributed by atoms with Crippen molar-refractivity contribution in [3.05, 3.63) is 44.5 Å². The summed E-state index contributed by atoms with van der Waals surface area (Å²) in [5, 5.41) is 0. The van der Waals surface area contributed by atoms with Crippen molar-refractivity contribution in [2.75, 3.05) is 26.4 Å². The molecular formula is C19H31N2O7P. The number of nitrogens with one attached hydrogen (secondary N) is 1. The lowest BCUT2D eigenvalue weighted by Gasteiger charge is -2.25. The lowest BCUT2D eigenvalue weighted by atomic mass is 10.1. The standard InChI is InChI=1S/C19H31N2O7P/c1-4-27-29(24,28-5-2)11-9-16(14-26-17-8-6-7-10-25-17)13-21-12-15(3)18(22)20-19(21)23/h9,11-12,16-17H,4-8,10,13-14H2,1-3H3,(H,20,22,23)/b11-9+/t16-,17+/m1/s1. The zero-order valence-corrected chi connectivity index (χ0v) is 18.2. The summed E-state index contributed by atoms with van der Waals surface area (Å²) in [4.78, 5) is 26.1. The van der Waals surface area contributed by atoms with Crippen molar-refractivity contribution >= 4 is 7.60 Å². The van der Waals surface area contributed by atoms with Crippen LogP contribution < -0.4 is 11.2 Å². The Bertz CT molecular complexity index is 817. The van der Waals surface area contributed by atoms with Crippen molar-refractivity contribution in [3.8, 4) is 0 Å². The summed E-state index contributed by atoms with van der Waals surface area (Å²) in [6, 6.07) is 0. The Kier molecular flexibility index (Phi) is 9.52. The van der Waals surface area contributed by atoms with E-state index in [1.165, 1.54) is 16.6 Å². The van der Waals surface area contributed by atoms with Gasteiger partial charge in [0.25, 0.3) is 5.56 Å². The Hall–Kier alpha value is -1.51. The molecule has 1 aromatic heterocycles. The van der Waals surface area contributed by atoms with Crippen molar-refractivity contribution in [3.63, 3.8) is 0 Å². The molecule has 29 heavy (non-hydrogen) atoms. The second kappa shape index (κ2) is 11.6. The van der Waals surface area contributed by atoms with E-state index in [9.17, 15) is 14.2 Å². The van der Waals surface area contributed by atoms with Gasteiger partial charge in [0.2, 0.25) is 0 Å². The molecule has 1 saturated heterocycles. The number of aromatic nitrogens is 2. The van der Waals surface area contributed by atoms with Crippen molar-refractivity contribution < 1.29 is 23.1 Å². The lowest BCUT2D eigenvalue weighted by Crippen LogP contribution is -2.33. The van der Waals surface area contributed by atoms with Gasteiger partial charge in [-0.05, 0) is 40.0 Å². The SMILES string of the molecule is CCOP(=O)(/C=C/[C@@H](CO[C@H]1CCCCO1)Cn1cc(C)c(=O)[nH]c1=O)OCC. The zero-order valence-electron chi connectivity index (χ0n) is 17.3. The summed E-state index contributed by atoms with van der Waals surface area (Å²) in [5.74, 6) is 1.11. The fraction of sp³-hybridized carbons (Fsp3) is 0.684. The molecule has 0 aliphatic carbocycles. The molecule has 10 heteroatoms. The van der Waals surface area contributed by atoms with Crippen LogP contribution in [0.5, 0.6) is 0 Å². The van der Waals surface area contributed by atoms with Crippen molar-refractivity contribution in [1.82, 2.24) is 9.55 Å². The number of hydrogen-bond acceptors (Lipinski definition) is 7. The first-order chi connectivity index (χ1) is 13.9. The molecule has 0 bridgehead atoms. The van der Waals surface area contributed by atoms with Crippen LogP contribution in [0.25, 0.3) is 0 Å². The van der Waals surface area contributed by atoms with Crippen LogP contribution >= 0.6 is 7.60 Å². The van der Waals surface area contributed by atoms with Crippen molar-refractivity contribution in [2.45, 2.75) is 52.9 Å². The largest absolute Gasteiger partial charge is 0.353 e. The first-order valence-corrected chi connectivity index (χ1v) is 11.6. The first-order valence-electron chi connectivity index (χ1n) is 9.98. The van der Waals surface area contributed by atoms with Crippen LogP contribution in [-0.4, -0.2) is 42.3 Å². The monoisotopic (exact) mass is 430 g/mol. The van der Waals surface area contributed by atoms with E-state index in [2.05, 4.69) is 4.98 Å². The summed E-state index contributed by atoms with van der Waals surface area (Å²) < 4.78 is 36.2. The van der Waals surface area contributed by atoms with Gasteiger partial charge < -0.3 is 18.5 Å². The fourth-order valence-corrected chi connectivity index (χ4v) is 4.38. The fourth-order valence-electron chi connectivity index (χ4n) is 2.96. The van der Waals surface area contributed by atoms with E-state index in [-0.39, 0.29) is 38.6 Å². The highest BCUT2D eigenvalue weighted by Crippen LogP contribution is 2.49. The zero-order chi connectivity index (χ0) is 21.3. The number of ether oxygens (including phenoxy) is 2. The molecule has 1 aromatic rings. The van der Waals surface area contributed by atoms with E-state index < -0.39 is 18.8 Å². The Morgan fingerprint density at radius 2 is 2.03 bits per heavy atom. The lowest BCUT2D eigenvalue weighted by molar-refractivity contribution is -0.167. The van der Waals surface area contributed by atoms with Crippen molar-refractivity contribution in [1.29, 1.82) is 0 Å². The number of aryl methyl sites for hydroxylation is 1. The molecule has 2 rings (SSSR count). The maximum Gasteiger partial charge on any atom is 0.353 e. The van der Waals surface area contributed by atoms with E-state index >= 15 is 0 Å². The first kappa shape index (κ1) is 23.8. The molecule has 9 nitrogen and oxygen atoms in total. The molecule has 0 radical (unpaired) electrons. The maximum atomic E-state index is 12.7. The van der Waals surface area contributed by atoms with Gasteiger partial charge in [-0.1, -0.05) is 6.08 Å². The Morgan fingerprint density at radius 1 is 1.31 bits per heavy atom. The van der Waals surface area contributed by atoms with Gasteiger partial charge >= 0.3 is 13.3 Å². The van der Waals surface area contributed by atoms with Gasteiger partial charge in [0.05, 0.1) is 19.8 Å². The van der Waals surface area contributed by atoms with Gasteiger partial charge in [-0.2, -0.15) is 0 Å². The quantitative estimate of drug-likeness (QED) is 0.538. The molecule has 1 fully saturated rings. The molecule has 0 unspecified atom stereocenters. The topological polar surface area (TPSA) is 109 Å². The normalized spacial score (nSPS) is 18.9. The minimum absolute atomic E-state index is 0.234. The minimum atomic E-state index is -3.38. The summed E-state index contributed by atoms with van der Waals surface area (Å²) >= 11 is 0. The van der Waals surface area contributed by atoms with Crippen LogP contribution in [0.15, 0.2) is 27.7 Å². The minimum Gasteiger partial charge on any atom is -0.353 e. The summed E-state index contributed by atoms with van der Waals surface area (Å²) in [6.45, 7) is 6.75. The predicted octanol–water partition coefficient (Wildman–Crippen LogP) is 2.78. The van der Waals surface area contributed by atoms with Crippen LogP contribution in [0, 0.1) is 12.8 Å². The highest BCUT2D eigenvalue weighted by molar-refractivity contribution is 7.57. The average molecular weight is 430 g/mol. The number of hydrogen-bond donors (Lipinski definition) is 1. The van der Waals surface area contributed by atoms with Gasteiger partial charge in [0.1, 0.15) is 0 Å². The Morgan fingerprint density at radius 3 is 2.66 bits per heavy atom. The van der Waals surface area contributed by atoms with E-state index in [1.54, 1.807) is 26.8 Å². The van der Waals surface area contributed by atoms with Crippen LogP contribution in [-0.2, 0) is 29.6 Å². The molecule has 0 saturated carbocycles. The summed E-state index contributed by atoms with van der Waals surface area (Å²) in [5.41, 5.74) is -0.494. The Balaban J connectivity index is 2.18. The van der Waals surface area contributed by atoms with Crippen LogP contribution in [0.2, 0.25) is 0 Å². The van der Waals surface area contributed by atoms with E-state index in [4.69, 9.17) is 18.5 Å². The number of aromatic amines is 1. The highest BCUT2D eigenvalue weighted by Gasteiger charge is 2.22. The third kappa shape index (κ3) is 7.68.